The molecule has 0 aliphatic rings. The summed E-state index contributed by atoms with van der Waals surface area (Å²) in [6, 6.07) is 11.4. The molecule has 7 heteroatoms. The fourth-order valence-electron chi connectivity index (χ4n) is 2.10. The molecule has 1 N–H and O–H groups in total. The third-order valence-corrected chi connectivity index (χ3v) is 4.33. The van der Waals surface area contributed by atoms with Gasteiger partial charge in [-0.05, 0) is 31.2 Å². The average molecular weight is 328 g/mol. The summed E-state index contributed by atoms with van der Waals surface area (Å²) in [4.78, 5) is 16.4. The molecule has 23 heavy (non-hydrogen) atoms. The second kappa shape index (κ2) is 6.70. The van der Waals surface area contributed by atoms with Crippen LogP contribution in [0.1, 0.15) is 12.7 Å². The van der Waals surface area contributed by atoms with Crippen LogP contribution >= 0.6 is 11.8 Å². The lowest BCUT2D eigenvalue weighted by atomic mass is 10.3. The van der Waals surface area contributed by atoms with Gasteiger partial charge in [0.2, 0.25) is 0 Å². The molecule has 0 saturated heterocycles. The molecule has 2 heterocycles. The van der Waals surface area contributed by atoms with Crippen molar-refractivity contribution >= 4 is 34.4 Å². The number of thioether (sulfide) groups is 1. The van der Waals surface area contributed by atoms with Crippen LogP contribution in [0.5, 0.6) is 0 Å². The summed E-state index contributed by atoms with van der Waals surface area (Å²) in [7, 11) is 1.94. The fourth-order valence-corrected chi connectivity index (χ4v) is 2.88. The number of hydrogen-bond acceptors (Lipinski definition) is 5. The zero-order chi connectivity index (χ0) is 16.2. The number of hydrogen-bond donors (Lipinski definition) is 1. The van der Waals surface area contributed by atoms with E-state index in [0.29, 0.717) is 11.5 Å². The normalized spacial score (nSPS) is 11.8. The van der Waals surface area contributed by atoms with Crippen LogP contribution in [0, 0.1) is 0 Å². The van der Waals surface area contributed by atoms with Crippen molar-refractivity contribution in [3.05, 3.63) is 48.4 Å². The van der Waals surface area contributed by atoms with E-state index in [0.717, 1.165) is 16.2 Å². The molecule has 3 aromatic rings. The van der Waals surface area contributed by atoms with E-state index in [2.05, 4.69) is 15.5 Å². The summed E-state index contributed by atoms with van der Waals surface area (Å²) >= 11 is 1.38. The highest BCUT2D eigenvalue weighted by molar-refractivity contribution is 7.99. The molecule has 1 aromatic carbocycles. The number of furan rings is 1. The summed E-state index contributed by atoms with van der Waals surface area (Å²) in [5.41, 5.74) is 5.11. The molecule has 1 amide bonds. The molecule has 118 valence electrons. The number of hydrazone groups is 1. The molecule has 0 fully saturated rings. The van der Waals surface area contributed by atoms with Crippen molar-refractivity contribution in [2.45, 2.75) is 12.1 Å². The second-order valence-corrected chi connectivity index (χ2v) is 5.88. The summed E-state index contributed by atoms with van der Waals surface area (Å²) in [6.45, 7) is 1.78. The van der Waals surface area contributed by atoms with Gasteiger partial charge in [0.15, 0.2) is 5.16 Å². The molecule has 0 saturated carbocycles. The molecule has 0 bridgehead atoms. The Labute approximate surface area is 137 Å². The number of carbonyl (C=O) groups excluding carboxylic acids is 1. The lowest BCUT2D eigenvalue weighted by molar-refractivity contribution is -0.118. The number of nitrogens with zero attached hydrogens (tertiary/aromatic N) is 3. The lowest BCUT2D eigenvalue weighted by Gasteiger charge is -2.02. The number of aryl methyl sites for hydroxylation is 1. The van der Waals surface area contributed by atoms with Gasteiger partial charge in [-0.2, -0.15) is 5.10 Å². The van der Waals surface area contributed by atoms with Gasteiger partial charge in [-0.3, -0.25) is 4.79 Å². The van der Waals surface area contributed by atoms with E-state index in [-0.39, 0.29) is 11.7 Å². The Bertz CT molecular complexity index is 852. The van der Waals surface area contributed by atoms with Crippen molar-refractivity contribution in [1.82, 2.24) is 15.0 Å². The van der Waals surface area contributed by atoms with E-state index >= 15 is 0 Å². The predicted octanol–water partition coefficient (Wildman–Crippen LogP) is 2.80. The van der Waals surface area contributed by atoms with Gasteiger partial charge in [0, 0.05) is 7.05 Å². The Balaban J connectivity index is 1.60. The van der Waals surface area contributed by atoms with E-state index in [1.165, 1.54) is 11.8 Å². The first-order valence-electron chi connectivity index (χ1n) is 7.06. The van der Waals surface area contributed by atoms with Crippen LogP contribution in [0.4, 0.5) is 0 Å². The first kappa shape index (κ1) is 15.4. The van der Waals surface area contributed by atoms with Crippen molar-refractivity contribution in [3.8, 4) is 0 Å². The van der Waals surface area contributed by atoms with E-state index in [1.54, 1.807) is 25.3 Å². The first-order valence-corrected chi connectivity index (χ1v) is 8.05. The molecule has 2 aromatic heterocycles. The standard InChI is InChI=1S/C16H16N4O2S/c1-11(14-8-5-9-22-14)18-19-15(21)10-23-16-17-12-6-3-4-7-13(12)20(16)2/h3-9H,10H2,1-2H3,(H,19,21)/b18-11+. The Hall–Kier alpha value is -2.54. The summed E-state index contributed by atoms with van der Waals surface area (Å²) < 4.78 is 7.18. The molecule has 0 spiro atoms. The molecular formula is C16H16N4O2S. The van der Waals surface area contributed by atoms with Crippen LogP contribution in [0.3, 0.4) is 0 Å². The van der Waals surface area contributed by atoms with Crippen LogP contribution < -0.4 is 5.43 Å². The summed E-state index contributed by atoms with van der Waals surface area (Å²) in [5.74, 6) is 0.688. The summed E-state index contributed by atoms with van der Waals surface area (Å²) in [6.07, 6.45) is 1.57. The molecular weight excluding hydrogens is 312 g/mol. The average Bonchev–Trinajstić information content (AvgIpc) is 3.20. The smallest absolute Gasteiger partial charge is 0.250 e. The maximum absolute atomic E-state index is 11.9. The van der Waals surface area contributed by atoms with Crippen LogP contribution in [-0.2, 0) is 11.8 Å². The molecule has 0 aliphatic heterocycles. The second-order valence-electron chi connectivity index (χ2n) is 4.94. The molecule has 6 nitrogen and oxygen atoms in total. The maximum atomic E-state index is 11.9. The van der Waals surface area contributed by atoms with Gasteiger partial charge in [0.1, 0.15) is 11.5 Å². The largest absolute Gasteiger partial charge is 0.463 e. The molecule has 0 radical (unpaired) electrons. The monoisotopic (exact) mass is 328 g/mol. The highest BCUT2D eigenvalue weighted by Gasteiger charge is 2.10. The molecule has 0 unspecified atom stereocenters. The number of amides is 1. The Morgan fingerprint density at radius 2 is 2.17 bits per heavy atom. The molecule has 0 atom stereocenters. The summed E-state index contributed by atoms with van der Waals surface area (Å²) in [5, 5.41) is 4.83. The number of aromatic nitrogens is 2. The topological polar surface area (TPSA) is 72.4 Å². The van der Waals surface area contributed by atoms with Crippen LogP contribution in [-0.4, -0.2) is 26.9 Å². The van der Waals surface area contributed by atoms with Crippen LogP contribution in [0.15, 0.2) is 57.3 Å². The number of carbonyl (C=O) groups is 1. The van der Waals surface area contributed by atoms with Gasteiger partial charge in [-0.15, -0.1) is 0 Å². The quantitative estimate of drug-likeness (QED) is 0.444. The third-order valence-electron chi connectivity index (χ3n) is 3.30. The fraction of sp³-hybridized carbons (Fsp3) is 0.188. The number of imidazole rings is 1. The first-order chi connectivity index (χ1) is 11.1. The van der Waals surface area contributed by atoms with Crippen molar-refractivity contribution < 1.29 is 9.21 Å². The van der Waals surface area contributed by atoms with E-state index in [4.69, 9.17) is 4.42 Å². The predicted molar refractivity (Wildman–Crippen MR) is 90.5 cm³/mol. The van der Waals surface area contributed by atoms with Gasteiger partial charge in [0.05, 0.1) is 23.0 Å². The molecule has 0 aliphatic carbocycles. The molecule has 3 rings (SSSR count). The number of fused-ring (bicyclic) bond motifs is 1. The number of rotatable bonds is 5. The van der Waals surface area contributed by atoms with Crippen molar-refractivity contribution in [2.24, 2.45) is 12.1 Å². The number of para-hydroxylation sites is 2. The van der Waals surface area contributed by atoms with Crippen molar-refractivity contribution in [3.63, 3.8) is 0 Å². The van der Waals surface area contributed by atoms with Gasteiger partial charge >= 0.3 is 0 Å². The Kier molecular flexibility index (Phi) is 4.47. The van der Waals surface area contributed by atoms with E-state index in [1.807, 2.05) is 35.9 Å². The van der Waals surface area contributed by atoms with E-state index < -0.39 is 0 Å². The van der Waals surface area contributed by atoms with Gasteiger partial charge in [-0.25, -0.2) is 10.4 Å². The van der Waals surface area contributed by atoms with Crippen molar-refractivity contribution in [1.29, 1.82) is 0 Å². The number of benzene rings is 1. The Morgan fingerprint density at radius 3 is 2.91 bits per heavy atom. The van der Waals surface area contributed by atoms with Crippen LogP contribution in [0.2, 0.25) is 0 Å². The highest BCUT2D eigenvalue weighted by Crippen LogP contribution is 2.22. The number of nitrogens with one attached hydrogen (secondary N) is 1. The van der Waals surface area contributed by atoms with Crippen LogP contribution in [0.25, 0.3) is 11.0 Å². The minimum absolute atomic E-state index is 0.187. The van der Waals surface area contributed by atoms with E-state index in [9.17, 15) is 4.79 Å². The highest BCUT2D eigenvalue weighted by atomic mass is 32.2. The zero-order valence-electron chi connectivity index (χ0n) is 12.8. The van der Waals surface area contributed by atoms with Gasteiger partial charge in [0.25, 0.3) is 5.91 Å². The third kappa shape index (κ3) is 3.45. The SMILES string of the molecule is C/C(=N\NC(=O)CSc1nc2ccccc2n1C)c1ccco1. The maximum Gasteiger partial charge on any atom is 0.250 e. The van der Waals surface area contributed by atoms with Crippen molar-refractivity contribution in [2.75, 3.05) is 5.75 Å². The minimum atomic E-state index is -0.187. The zero-order valence-corrected chi connectivity index (χ0v) is 13.6. The minimum Gasteiger partial charge on any atom is -0.463 e. The van der Waals surface area contributed by atoms with Gasteiger partial charge < -0.3 is 8.98 Å². The Morgan fingerprint density at radius 1 is 1.35 bits per heavy atom. The lowest BCUT2D eigenvalue weighted by Crippen LogP contribution is -2.21. The van der Waals surface area contributed by atoms with Gasteiger partial charge in [-0.1, -0.05) is 23.9 Å².